The molecule has 70 valence electrons. The SMILES string of the molecule is C[C@H]1CCC[C@H](c2ccccc2)N1. The van der Waals surface area contributed by atoms with E-state index in [4.69, 9.17) is 0 Å². The standard InChI is InChI=1S/C12H17N/c1-10-6-5-9-12(13-10)11-7-3-2-4-8-11/h2-4,7-8,10,12-13H,5-6,9H2,1H3/t10-,12+/m0/s1. The second kappa shape index (κ2) is 3.93. The van der Waals surface area contributed by atoms with E-state index in [9.17, 15) is 0 Å². The van der Waals surface area contributed by atoms with Crippen molar-refractivity contribution < 1.29 is 0 Å². The molecule has 0 saturated carbocycles. The van der Waals surface area contributed by atoms with Crippen molar-refractivity contribution in [3.8, 4) is 0 Å². The Morgan fingerprint density at radius 2 is 1.92 bits per heavy atom. The third-order valence-electron chi connectivity index (χ3n) is 2.82. The molecule has 0 bridgehead atoms. The van der Waals surface area contributed by atoms with Gasteiger partial charge in [-0.3, -0.25) is 0 Å². The van der Waals surface area contributed by atoms with E-state index in [0.29, 0.717) is 12.1 Å². The molecule has 0 unspecified atom stereocenters. The van der Waals surface area contributed by atoms with E-state index in [-0.39, 0.29) is 0 Å². The van der Waals surface area contributed by atoms with Gasteiger partial charge in [-0.1, -0.05) is 36.8 Å². The summed E-state index contributed by atoms with van der Waals surface area (Å²) in [5.41, 5.74) is 1.44. The molecule has 13 heavy (non-hydrogen) atoms. The van der Waals surface area contributed by atoms with Gasteiger partial charge in [-0.05, 0) is 25.3 Å². The van der Waals surface area contributed by atoms with Crippen LogP contribution >= 0.6 is 0 Å². The molecule has 0 aromatic heterocycles. The number of nitrogens with one attached hydrogen (secondary N) is 1. The maximum Gasteiger partial charge on any atom is 0.0322 e. The summed E-state index contributed by atoms with van der Waals surface area (Å²) in [4.78, 5) is 0. The van der Waals surface area contributed by atoms with Crippen LogP contribution in [0.1, 0.15) is 37.8 Å². The van der Waals surface area contributed by atoms with Crippen molar-refractivity contribution in [1.29, 1.82) is 0 Å². The lowest BCUT2D eigenvalue weighted by atomic mass is 9.94. The zero-order valence-corrected chi connectivity index (χ0v) is 8.16. The minimum absolute atomic E-state index is 0.588. The van der Waals surface area contributed by atoms with Crippen LogP contribution in [0.25, 0.3) is 0 Å². The zero-order valence-electron chi connectivity index (χ0n) is 8.16. The van der Waals surface area contributed by atoms with E-state index in [0.717, 1.165) is 0 Å². The van der Waals surface area contributed by atoms with Crippen molar-refractivity contribution in [2.75, 3.05) is 0 Å². The Morgan fingerprint density at radius 1 is 1.15 bits per heavy atom. The second-order valence-corrected chi connectivity index (χ2v) is 3.96. The Bertz CT molecular complexity index is 255. The summed E-state index contributed by atoms with van der Waals surface area (Å²) >= 11 is 0. The van der Waals surface area contributed by atoms with Gasteiger partial charge in [-0.2, -0.15) is 0 Å². The Balaban J connectivity index is 2.08. The van der Waals surface area contributed by atoms with E-state index >= 15 is 0 Å². The van der Waals surface area contributed by atoms with Gasteiger partial charge in [0.25, 0.3) is 0 Å². The zero-order chi connectivity index (χ0) is 9.10. The highest BCUT2D eigenvalue weighted by atomic mass is 15.0. The molecule has 0 aliphatic carbocycles. The van der Waals surface area contributed by atoms with Gasteiger partial charge in [-0.15, -0.1) is 0 Å². The molecule has 1 aromatic carbocycles. The lowest BCUT2D eigenvalue weighted by Crippen LogP contribution is -2.34. The van der Waals surface area contributed by atoms with Gasteiger partial charge in [0.15, 0.2) is 0 Å². The topological polar surface area (TPSA) is 12.0 Å². The van der Waals surface area contributed by atoms with Gasteiger partial charge >= 0.3 is 0 Å². The lowest BCUT2D eigenvalue weighted by Gasteiger charge is -2.29. The quantitative estimate of drug-likeness (QED) is 0.692. The largest absolute Gasteiger partial charge is 0.307 e. The Morgan fingerprint density at radius 3 is 2.62 bits per heavy atom. The van der Waals surface area contributed by atoms with E-state index in [1.165, 1.54) is 24.8 Å². The molecule has 1 aliphatic heterocycles. The minimum atomic E-state index is 0.588. The maximum atomic E-state index is 3.63. The highest BCUT2D eigenvalue weighted by Gasteiger charge is 2.18. The van der Waals surface area contributed by atoms with Gasteiger partial charge in [0.1, 0.15) is 0 Å². The summed E-state index contributed by atoms with van der Waals surface area (Å²) in [5, 5.41) is 3.63. The normalized spacial score (nSPS) is 28.7. The van der Waals surface area contributed by atoms with Crippen LogP contribution in [0, 0.1) is 0 Å². The molecule has 1 aliphatic rings. The molecular formula is C12H17N. The van der Waals surface area contributed by atoms with Crippen molar-refractivity contribution in [1.82, 2.24) is 5.32 Å². The van der Waals surface area contributed by atoms with Gasteiger partial charge in [0.05, 0.1) is 0 Å². The summed E-state index contributed by atoms with van der Waals surface area (Å²) in [5.74, 6) is 0. The summed E-state index contributed by atoms with van der Waals surface area (Å²) < 4.78 is 0. The molecule has 1 aromatic rings. The van der Waals surface area contributed by atoms with Gasteiger partial charge in [-0.25, -0.2) is 0 Å². The first-order valence-electron chi connectivity index (χ1n) is 5.17. The molecule has 1 nitrogen and oxygen atoms in total. The summed E-state index contributed by atoms with van der Waals surface area (Å²) in [6.45, 7) is 2.27. The van der Waals surface area contributed by atoms with E-state index in [1.807, 2.05) is 0 Å². The van der Waals surface area contributed by atoms with Crippen LogP contribution in [-0.2, 0) is 0 Å². The molecule has 1 saturated heterocycles. The molecule has 0 amide bonds. The van der Waals surface area contributed by atoms with Crippen LogP contribution in [0.15, 0.2) is 30.3 Å². The van der Waals surface area contributed by atoms with Crippen LogP contribution in [0.5, 0.6) is 0 Å². The number of hydrogen-bond acceptors (Lipinski definition) is 1. The molecule has 0 spiro atoms. The lowest BCUT2D eigenvalue weighted by molar-refractivity contribution is 0.341. The predicted molar refractivity (Wildman–Crippen MR) is 55.6 cm³/mol. The Hall–Kier alpha value is -0.820. The average Bonchev–Trinajstić information content (AvgIpc) is 2.19. The fourth-order valence-corrected chi connectivity index (χ4v) is 2.09. The molecule has 2 rings (SSSR count). The van der Waals surface area contributed by atoms with E-state index < -0.39 is 0 Å². The van der Waals surface area contributed by atoms with Crippen LogP contribution in [-0.4, -0.2) is 6.04 Å². The monoisotopic (exact) mass is 175 g/mol. The molecule has 1 N–H and O–H groups in total. The highest BCUT2D eigenvalue weighted by molar-refractivity contribution is 5.19. The van der Waals surface area contributed by atoms with Crippen LogP contribution < -0.4 is 5.32 Å². The fourth-order valence-electron chi connectivity index (χ4n) is 2.09. The Labute approximate surface area is 80.2 Å². The van der Waals surface area contributed by atoms with Crippen molar-refractivity contribution in [2.24, 2.45) is 0 Å². The number of hydrogen-bond donors (Lipinski definition) is 1. The molecule has 1 fully saturated rings. The average molecular weight is 175 g/mol. The van der Waals surface area contributed by atoms with Gasteiger partial charge in [0, 0.05) is 12.1 Å². The molecule has 1 heteroatoms. The first-order chi connectivity index (χ1) is 6.36. The summed E-state index contributed by atoms with van der Waals surface area (Å²) in [6.07, 6.45) is 3.96. The van der Waals surface area contributed by atoms with Crippen molar-refractivity contribution in [2.45, 2.75) is 38.3 Å². The third-order valence-corrected chi connectivity index (χ3v) is 2.82. The van der Waals surface area contributed by atoms with Crippen LogP contribution in [0.3, 0.4) is 0 Å². The van der Waals surface area contributed by atoms with Crippen LogP contribution in [0.2, 0.25) is 0 Å². The molecular weight excluding hydrogens is 158 g/mol. The summed E-state index contributed by atoms with van der Waals surface area (Å²) in [7, 11) is 0. The fraction of sp³-hybridized carbons (Fsp3) is 0.500. The first-order valence-corrected chi connectivity index (χ1v) is 5.17. The number of rotatable bonds is 1. The smallest absolute Gasteiger partial charge is 0.0322 e. The van der Waals surface area contributed by atoms with Crippen LogP contribution in [0.4, 0.5) is 0 Å². The van der Waals surface area contributed by atoms with Crippen molar-refractivity contribution >= 4 is 0 Å². The minimum Gasteiger partial charge on any atom is -0.307 e. The van der Waals surface area contributed by atoms with Gasteiger partial charge < -0.3 is 5.32 Å². The number of piperidine rings is 1. The van der Waals surface area contributed by atoms with E-state index in [1.54, 1.807) is 0 Å². The molecule has 1 heterocycles. The Kier molecular flexibility index (Phi) is 2.65. The third kappa shape index (κ3) is 2.10. The van der Waals surface area contributed by atoms with Crippen molar-refractivity contribution in [3.63, 3.8) is 0 Å². The molecule has 0 radical (unpaired) electrons. The van der Waals surface area contributed by atoms with E-state index in [2.05, 4.69) is 42.6 Å². The molecule has 2 atom stereocenters. The van der Waals surface area contributed by atoms with Gasteiger partial charge in [0.2, 0.25) is 0 Å². The maximum absolute atomic E-state index is 3.63. The second-order valence-electron chi connectivity index (χ2n) is 3.96. The predicted octanol–water partition coefficient (Wildman–Crippen LogP) is 2.89. The van der Waals surface area contributed by atoms with Crippen molar-refractivity contribution in [3.05, 3.63) is 35.9 Å². The number of benzene rings is 1. The summed E-state index contributed by atoms with van der Waals surface area (Å²) in [6, 6.07) is 12.0. The first kappa shape index (κ1) is 8.76. The highest BCUT2D eigenvalue weighted by Crippen LogP contribution is 2.24.